The number of carbonyl (C=O) groups excluding carboxylic acids is 1. The van der Waals surface area contributed by atoms with Crippen LogP contribution in [0.15, 0.2) is 24.3 Å². The van der Waals surface area contributed by atoms with E-state index in [9.17, 15) is 4.79 Å². The number of nitrogens with zero attached hydrogens (tertiary/aromatic N) is 1. The molecule has 1 aromatic carbocycles. The standard InChI is InChI=1S/C14H20ClN3O/c1-10-7-18(8-13(10)16)9-14(19)17-6-11-2-4-12(15)5-3-11/h2-5,10,13H,6-9,16H2,1H3,(H,17,19). The SMILES string of the molecule is CC1CN(CC(=O)NCc2ccc(Cl)cc2)CC1N. The van der Waals surface area contributed by atoms with Crippen molar-refractivity contribution in [2.45, 2.75) is 19.5 Å². The summed E-state index contributed by atoms with van der Waals surface area (Å²) in [6.45, 7) is 4.78. The fourth-order valence-electron chi connectivity index (χ4n) is 2.29. The molecule has 0 bridgehead atoms. The summed E-state index contributed by atoms with van der Waals surface area (Å²) in [5.41, 5.74) is 6.98. The monoisotopic (exact) mass is 281 g/mol. The number of benzene rings is 1. The third kappa shape index (κ3) is 4.20. The van der Waals surface area contributed by atoms with Crippen molar-refractivity contribution < 1.29 is 4.79 Å². The molecule has 1 saturated heterocycles. The van der Waals surface area contributed by atoms with Gasteiger partial charge in [-0.3, -0.25) is 9.69 Å². The number of rotatable bonds is 4. The second-order valence-corrected chi connectivity index (χ2v) is 5.67. The highest BCUT2D eigenvalue weighted by Gasteiger charge is 2.27. The molecular formula is C14H20ClN3O. The maximum Gasteiger partial charge on any atom is 0.234 e. The first-order chi connectivity index (χ1) is 9.04. The minimum atomic E-state index is 0.0382. The van der Waals surface area contributed by atoms with Gasteiger partial charge in [0.05, 0.1) is 6.54 Å². The van der Waals surface area contributed by atoms with Crippen molar-refractivity contribution in [3.63, 3.8) is 0 Å². The van der Waals surface area contributed by atoms with Crippen LogP contribution in [0, 0.1) is 5.92 Å². The Morgan fingerprint density at radius 3 is 2.68 bits per heavy atom. The molecule has 1 aliphatic heterocycles. The van der Waals surface area contributed by atoms with Crippen LogP contribution in [-0.4, -0.2) is 36.5 Å². The normalized spacial score (nSPS) is 23.5. The molecule has 1 aromatic rings. The highest BCUT2D eigenvalue weighted by Crippen LogP contribution is 2.13. The van der Waals surface area contributed by atoms with E-state index in [4.69, 9.17) is 17.3 Å². The van der Waals surface area contributed by atoms with Gasteiger partial charge in [0.2, 0.25) is 5.91 Å². The molecule has 2 unspecified atom stereocenters. The Hall–Kier alpha value is -1.10. The minimum Gasteiger partial charge on any atom is -0.351 e. The fourth-order valence-corrected chi connectivity index (χ4v) is 2.41. The number of halogens is 1. The summed E-state index contributed by atoms with van der Waals surface area (Å²) in [5.74, 6) is 0.500. The Morgan fingerprint density at radius 2 is 2.11 bits per heavy atom. The van der Waals surface area contributed by atoms with Crippen molar-refractivity contribution in [1.29, 1.82) is 0 Å². The molecule has 1 aliphatic rings. The molecule has 19 heavy (non-hydrogen) atoms. The number of nitrogens with two attached hydrogens (primary N) is 1. The van der Waals surface area contributed by atoms with Crippen molar-refractivity contribution in [2.75, 3.05) is 19.6 Å². The molecule has 0 aromatic heterocycles. The lowest BCUT2D eigenvalue weighted by molar-refractivity contribution is -0.122. The van der Waals surface area contributed by atoms with E-state index in [1.54, 1.807) is 0 Å². The molecule has 1 fully saturated rings. The Bertz CT molecular complexity index is 425. The number of hydrogen-bond acceptors (Lipinski definition) is 3. The van der Waals surface area contributed by atoms with E-state index in [0.29, 0.717) is 24.0 Å². The van der Waals surface area contributed by atoms with Gasteiger partial charge in [0, 0.05) is 30.7 Å². The molecule has 0 radical (unpaired) electrons. The largest absolute Gasteiger partial charge is 0.351 e. The zero-order chi connectivity index (χ0) is 13.8. The van der Waals surface area contributed by atoms with Gasteiger partial charge < -0.3 is 11.1 Å². The number of likely N-dealkylation sites (tertiary alicyclic amines) is 1. The predicted octanol–water partition coefficient (Wildman–Crippen LogP) is 1.24. The van der Waals surface area contributed by atoms with Gasteiger partial charge in [-0.2, -0.15) is 0 Å². The molecule has 1 amide bonds. The first-order valence-electron chi connectivity index (χ1n) is 6.53. The molecule has 1 heterocycles. The molecule has 0 aliphatic carbocycles. The summed E-state index contributed by atoms with van der Waals surface area (Å²) in [7, 11) is 0. The maximum atomic E-state index is 11.8. The summed E-state index contributed by atoms with van der Waals surface area (Å²) in [5, 5.41) is 3.61. The summed E-state index contributed by atoms with van der Waals surface area (Å²) in [4.78, 5) is 13.9. The van der Waals surface area contributed by atoms with Gasteiger partial charge in [0.15, 0.2) is 0 Å². The lowest BCUT2D eigenvalue weighted by atomic mass is 10.1. The van der Waals surface area contributed by atoms with Crippen LogP contribution >= 0.6 is 11.6 Å². The van der Waals surface area contributed by atoms with Crippen LogP contribution in [0.5, 0.6) is 0 Å². The van der Waals surface area contributed by atoms with Gasteiger partial charge in [-0.1, -0.05) is 30.7 Å². The van der Waals surface area contributed by atoms with E-state index in [-0.39, 0.29) is 11.9 Å². The van der Waals surface area contributed by atoms with Gasteiger partial charge in [0.1, 0.15) is 0 Å². The van der Waals surface area contributed by atoms with E-state index in [1.807, 2.05) is 24.3 Å². The van der Waals surface area contributed by atoms with Crippen LogP contribution in [0.2, 0.25) is 5.02 Å². The Morgan fingerprint density at radius 1 is 1.42 bits per heavy atom. The Balaban J connectivity index is 1.74. The Labute approximate surface area is 118 Å². The molecule has 5 heteroatoms. The van der Waals surface area contributed by atoms with Gasteiger partial charge in [-0.05, 0) is 23.6 Å². The van der Waals surface area contributed by atoms with E-state index >= 15 is 0 Å². The summed E-state index contributed by atoms with van der Waals surface area (Å²) >= 11 is 5.81. The molecule has 2 atom stereocenters. The zero-order valence-corrected chi connectivity index (χ0v) is 11.9. The van der Waals surface area contributed by atoms with Crippen LogP contribution in [-0.2, 0) is 11.3 Å². The van der Waals surface area contributed by atoms with Crippen LogP contribution in [0.3, 0.4) is 0 Å². The third-order valence-electron chi connectivity index (χ3n) is 3.52. The number of nitrogens with one attached hydrogen (secondary N) is 1. The van der Waals surface area contributed by atoms with Gasteiger partial charge >= 0.3 is 0 Å². The van der Waals surface area contributed by atoms with Gasteiger partial charge in [0.25, 0.3) is 0 Å². The van der Waals surface area contributed by atoms with Crippen molar-refractivity contribution >= 4 is 17.5 Å². The first kappa shape index (κ1) is 14.3. The molecule has 104 valence electrons. The molecule has 0 spiro atoms. The summed E-state index contributed by atoms with van der Waals surface area (Å²) in [6.07, 6.45) is 0. The number of hydrogen-bond donors (Lipinski definition) is 2. The molecular weight excluding hydrogens is 262 g/mol. The van der Waals surface area contributed by atoms with E-state index < -0.39 is 0 Å². The van der Waals surface area contributed by atoms with Crippen LogP contribution in [0.25, 0.3) is 0 Å². The first-order valence-corrected chi connectivity index (χ1v) is 6.91. The summed E-state index contributed by atoms with van der Waals surface area (Å²) < 4.78 is 0. The van der Waals surface area contributed by atoms with Gasteiger partial charge in [-0.25, -0.2) is 0 Å². The van der Waals surface area contributed by atoms with Crippen molar-refractivity contribution in [2.24, 2.45) is 11.7 Å². The van der Waals surface area contributed by atoms with E-state index in [2.05, 4.69) is 17.1 Å². The fraction of sp³-hybridized carbons (Fsp3) is 0.500. The molecule has 4 nitrogen and oxygen atoms in total. The lowest BCUT2D eigenvalue weighted by Crippen LogP contribution is -2.37. The van der Waals surface area contributed by atoms with E-state index in [0.717, 1.165) is 18.7 Å². The minimum absolute atomic E-state index is 0.0382. The second-order valence-electron chi connectivity index (χ2n) is 5.24. The second kappa shape index (κ2) is 6.37. The predicted molar refractivity (Wildman–Crippen MR) is 76.9 cm³/mol. The third-order valence-corrected chi connectivity index (χ3v) is 3.77. The summed E-state index contributed by atoms with van der Waals surface area (Å²) in [6, 6.07) is 7.66. The van der Waals surface area contributed by atoms with Crippen LogP contribution in [0.4, 0.5) is 0 Å². The smallest absolute Gasteiger partial charge is 0.234 e. The average molecular weight is 282 g/mol. The molecule has 2 rings (SSSR count). The van der Waals surface area contributed by atoms with Crippen molar-refractivity contribution in [1.82, 2.24) is 10.2 Å². The van der Waals surface area contributed by atoms with Crippen molar-refractivity contribution in [3.8, 4) is 0 Å². The van der Waals surface area contributed by atoms with Crippen LogP contribution in [0.1, 0.15) is 12.5 Å². The lowest BCUT2D eigenvalue weighted by Gasteiger charge is -2.14. The zero-order valence-electron chi connectivity index (χ0n) is 11.1. The number of carbonyl (C=O) groups is 1. The Kier molecular flexibility index (Phi) is 4.80. The average Bonchev–Trinajstić information content (AvgIpc) is 2.67. The topological polar surface area (TPSA) is 58.4 Å². The van der Waals surface area contributed by atoms with Crippen molar-refractivity contribution in [3.05, 3.63) is 34.9 Å². The highest BCUT2D eigenvalue weighted by molar-refractivity contribution is 6.30. The highest BCUT2D eigenvalue weighted by atomic mass is 35.5. The quantitative estimate of drug-likeness (QED) is 0.873. The van der Waals surface area contributed by atoms with Crippen LogP contribution < -0.4 is 11.1 Å². The molecule has 0 saturated carbocycles. The maximum absolute atomic E-state index is 11.8. The van der Waals surface area contributed by atoms with Gasteiger partial charge in [-0.15, -0.1) is 0 Å². The number of amides is 1. The molecule has 3 N–H and O–H groups in total. The van der Waals surface area contributed by atoms with E-state index in [1.165, 1.54) is 0 Å².